The topological polar surface area (TPSA) is 106 Å². The monoisotopic (exact) mass is 481 g/mol. The van der Waals surface area contributed by atoms with Crippen molar-refractivity contribution < 1.29 is 14.3 Å². The molecule has 3 heterocycles. The highest BCUT2D eigenvalue weighted by atomic mass is 16.5. The molecule has 2 aromatic rings. The van der Waals surface area contributed by atoms with Crippen molar-refractivity contribution in [3.05, 3.63) is 54.3 Å². The Hall–Kier alpha value is -3.66. The number of ether oxygens (including phenoxy) is 2. The van der Waals surface area contributed by atoms with Crippen LogP contribution in [0.2, 0.25) is 0 Å². The van der Waals surface area contributed by atoms with Gasteiger partial charge in [-0.25, -0.2) is 9.98 Å². The number of pyridine rings is 1. The first-order valence-corrected chi connectivity index (χ1v) is 11.7. The predicted molar refractivity (Wildman–Crippen MR) is 139 cm³/mol. The fourth-order valence-electron chi connectivity index (χ4n) is 3.64. The molecule has 0 spiro atoms. The Morgan fingerprint density at radius 2 is 2.20 bits per heavy atom. The molecular formula is C25H35N7O3. The average Bonchev–Trinajstić information content (AvgIpc) is 3.27. The minimum Gasteiger partial charge on any atom is -0.475 e. The Bertz CT molecular complexity index is 1120. The molecule has 0 aromatic carbocycles. The van der Waals surface area contributed by atoms with Crippen molar-refractivity contribution >= 4 is 28.8 Å². The fraction of sp³-hybridized carbons (Fsp3) is 0.440. The Kier molecular flexibility index (Phi) is 8.64. The van der Waals surface area contributed by atoms with Crippen molar-refractivity contribution in [2.45, 2.75) is 60.0 Å². The number of aliphatic imine (C=N–C) groups is 1. The standard InChI is InChI=1S/C25H35N7O3/c1-8-19(29-22(9-2)35-16(4)5)15-32-14-18(13-27-32)12-26-21-11-20-23(17(6)28-21)30-24(33)25(31(20)7)34-10-3/h8-9,11,13-14,16,25H,1,10,12,15H2,2-7H3,(H,26,28)(H,30,33)/b22-9+,29-19?. The maximum atomic E-state index is 12.4. The SMILES string of the molecule is C=CC(Cn1cc(CNc2cc3c(c(C)n2)NC(=O)C(OCC)N3C)cn1)=N/C(=C\C)OC(C)C. The third kappa shape index (κ3) is 6.48. The van der Waals surface area contributed by atoms with Gasteiger partial charge in [0.15, 0.2) is 0 Å². The second-order valence-corrected chi connectivity index (χ2v) is 8.40. The van der Waals surface area contributed by atoms with E-state index in [1.54, 1.807) is 12.3 Å². The molecule has 1 amide bonds. The van der Waals surface area contributed by atoms with Gasteiger partial charge in [-0.2, -0.15) is 5.10 Å². The van der Waals surface area contributed by atoms with E-state index in [2.05, 4.69) is 32.3 Å². The van der Waals surface area contributed by atoms with Crippen LogP contribution in [0.1, 0.15) is 39.0 Å². The van der Waals surface area contributed by atoms with E-state index in [-0.39, 0.29) is 12.0 Å². The van der Waals surface area contributed by atoms with Crippen molar-refractivity contribution in [2.75, 3.05) is 29.2 Å². The summed E-state index contributed by atoms with van der Waals surface area (Å²) in [6.45, 7) is 14.9. The van der Waals surface area contributed by atoms with Gasteiger partial charge in [0, 0.05) is 38.0 Å². The van der Waals surface area contributed by atoms with Crippen LogP contribution in [-0.2, 0) is 27.4 Å². The molecule has 188 valence electrons. The maximum absolute atomic E-state index is 12.4. The predicted octanol–water partition coefficient (Wildman–Crippen LogP) is 3.86. The zero-order chi connectivity index (χ0) is 25.5. The number of nitrogens with zero attached hydrogens (tertiary/aromatic N) is 5. The number of rotatable bonds is 11. The van der Waals surface area contributed by atoms with Crippen LogP contribution in [0.15, 0.2) is 48.1 Å². The Morgan fingerprint density at radius 3 is 2.86 bits per heavy atom. The van der Waals surface area contributed by atoms with Gasteiger partial charge in [0.1, 0.15) is 5.82 Å². The van der Waals surface area contributed by atoms with E-state index in [0.717, 1.165) is 22.7 Å². The lowest BCUT2D eigenvalue weighted by Crippen LogP contribution is -2.48. The lowest BCUT2D eigenvalue weighted by Gasteiger charge is -2.35. The van der Waals surface area contributed by atoms with Gasteiger partial charge in [0.2, 0.25) is 12.1 Å². The third-order valence-corrected chi connectivity index (χ3v) is 5.29. The summed E-state index contributed by atoms with van der Waals surface area (Å²) in [5, 5.41) is 10.7. The molecule has 1 aliphatic heterocycles. The quantitative estimate of drug-likeness (QED) is 0.371. The fourth-order valence-corrected chi connectivity index (χ4v) is 3.64. The van der Waals surface area contributed by atoms with Gasteiger partial charge in [-0.05, 0) is 46.8 Å². The highest BCUT2D eigenvalue weighted by molar-refractivity contribution is 6.03. The number of hydrogen-bond donors (Lipinski definition) is 2. The summed E-state index contributed by atoms with van der Waals surface area (Å²) in [5.41, 5.74) is 4.02. The van der Waals surface area contributed by atoms with Crippen molar-refractivity contribution in [3.8, 4) is 0 Å². The van der Waals surface area contributed by atoms with E-state index in [1.807, 2.05) is 69.6 Å². The highest BCUT2D eigenvalue weighted by Crippen LogP contribution is 2.35. The second kappa shape index (κ2) is 11.7. The molecule has 1 unspecified atom stereocenters. The molecule has 0 aliphatic carbocycles. The average molecular weight is 482 g/mol. The van der Waals surface area contributed by atoms with E-state index >= 15 is 0 Å². The molecule has 0 saturated heterocycles. The lowest BCUT2D eigenvalue weighted by molar-refractivity contribution is -0.127. The first kappa shape index (κ1) is 26.0. The zero-order valence-electron chi connectivity index (χ0n) is 21.3. The first-order valence-electron chi connectivity index (χ1n) is 11.7. The van der Waals surface area contributed by atoms with Gasteiger partial charge in [-0.3, -0.25) is 9.48 Å². The summed E-state index contributed by atoms with van der Waals surface area (Å²) in [4.78, 5) is 23.3. The summed E-state index contributed by atoms with van der Waals surface area (Å²) in [6.07, 6.45) is 6.66. The third-order valence-electron chi connectivity index (χ3n) is 5.29. The van der Waals surface area contributed by atoms with E-state index in [0.29, 0.717) is 37.1 Å². The first-order chi connectivity index (χ1) is 16.7. The van der Waals surface area contributed by atoms with Crippen LogP contribution < -0.4 is 15.5 Å². The summed E-state index contributed by atoms with van der Waals surface area (Å²) in [6, 6.07) is 1.91. The summed E-state index contributed by atoms with van der Waals surface area (Å²) >= 11 is 0. The van der Waals surface area contributed by atoms with Crippen LogP contribution in [0.3, 0.4) is 0 Å². The summed E-state index contributed by atoms with van der Waals surface area (Å²) in [5.74, 6) is 1.06. The Morgan fingerprint density at radius 1 is 1.43 bits per heavy atom. The van der Waals surface area contributed by atoms with Crippen LogP contribution in [0.5, 0.6) is 0 Å². The van der Waals surface area contributed by atoms with E-state index in [4.69, 9.17) is 9.47 Å². The van der Waals surface area contributed by atoms with Crippen molar-refractivity contribution in [1.29, 1.82) is 0 Å². The lowest BCUT2D eigenvalue weighted by atomic mass is 10.1. The number of carbonyl (C=O) groups excluding carboxylic acids is 1. The molecule has 1 aliphatic rings. The number of fused-ring (bicyclic) bond motifs is 1. The number of aromatic nitrogens is 3. The number of hydrogen-bond acceptors (Lipinski definition) is 8. The van der Waals surface area contributed by atoms with Gasteiger partial charge in [-0.15, -0.1) is 0 Å². The van der Waals surface area contributed by atoms with Crippen LogP contribution in [0.4, 0.5) is 17.2 Å². The highest BCUT2D eigenvalue weighted by Gasteiger charge is 2.32. The Labute approximate surface area is 206 Å². The van der Waals surface area contributed by atoms with Gasteiger partial charge in [0.05, 0.1) is 41.6 Å². The molecule has 3 rings (SSSR count). The van der Waals surface area contributed by atoms with Crippen LogP contribution in [-0.4, -0.2) is 52.4 Å². The summed E-state index contributed by atoms with van der Waals surface area (Å²) < 4.78 is 13.1. The van der Waals surface area contributed by atoms with Crippen LogP contribution in [0, 0.1) is 6.92 Å². The van der Waals surface area contributed by atoms with Gasteiger partial charge in [0.25, 0.3) is 5.91 Å². The minimum absolute atomic E-state index is 0.0420. The number of allylic oxidation sites excluding steroid dienone is 2. The normalized spacial score (nSPS) is 16.3. The maximum Gasteiger partial charge on any atom is 0.274 e. The molecule has 10 heteroatoms. The molecule has 1 atom stereocenters. The van der Waals surface area contributed by atoms with Crippen molar-refractivity contribution in [3.63, 3.8) is 0 Å². The molecule has 2 N–H and O–H groups in total. The zero-order valence-corrected chi connectivity index (χ0v) is 21.3. The number of amides is 1. The van der Waals surface area contributed by atoms with E-state index in [1.165, 1.54) is 0 Å². The van der Waals surface area contributed by atoms with Crippen LogP contribution in [0.25, 0.3) is 0 Å². The van der Waals surface area contributed by atoms with Gasteiger partial charge in [-0.1, -0.05) is 6.58 Å². The molecule has 10 nitrogen and oxygen atoms in total. The molecule has 0 radical (unpaired) electrons. The molecule has 0 saturated carbocycles. The van der Waals surface area contributed by atoms with Gasteiger partial charge < -0.3 is 25.0 Å². The van der Waals surface area contributed by atoms with E-state index < -0.39 is 6.23 Å². The Balaban J connectivity index is 1.69. The molecular weight excluding hydrogens is 446 g/mol. The van der Waals surface area contributed by atoms with Crippen molar-refractivity contribution in [1.82, 2.24) is 14.8 Å². The van der Waals surface area contributed by atoms with Crippen molar-refractivity contribution in [2.24, 2.45) is 4.99 Å². The van der Waals surface area contributed by atoms with Crippen LogP contribution >= 0.6 is 0 Å². The second-order valence-electron chi connectivity index (χ2n) is 8.40. The number of carbonyl (C=O) groups is 1. The number of anilines is 3. The number of nitrogens with one attached hydrogen (secondary N) is 2. The summed E-state index contributed by atoms with van der Waals surface area (Å²) in [7, 11) is 1.84. The van der Waals surface area contributed by atoms with E-state index in [9.17, 15) is 4.79 Å². The molecule has 35 heavy (non-hydrogen) atoms. The smallest absolute Gasteiger partial charge is 0.274 e. The number of aryl methyl sites for hydroxylation is 1. The largest absolute Gasteiger partial charge is 0.475 e. The minimum atomic E-state index is -0.671. The van der Waals surface area contributed by atoms with Gasteiger partial charge >= 0.3 is 0 Å². The molecule has 2 aromatic heterocycles. The molecule has 0 bridgehead atoms. The number of likely N-dealkylation sites (N-methyl/N-ethyl adjacent to an activating group) is 1. The molecule has 0 fully saturated rings.